The van der Waals surface area contributed by atoms with Crippen LogP contribution in [0, 0.1) is 11.6 Å². The van der Waals surface area contributed by atoms with E-state index in [0.717, 1.165) is 4.31 Å². The second-order valence-electron chi connectivity index (χ2n) is 6.20. The first kappa shape index (κ1) is 23.1. The van der Waals surface area contributed by atoms with Crippen molar-refractivity contribution in [3.63, 3.8) is 0 Å². The van der Waals surface area contributed by atoms with Crippen LogP contribution in [-0.4, -0.2) is 27.6 Å². The largest absolute Gasteiger partial charge is 0.497 e. The number of benzene rings is 2. The van der Waals surface area contributed by atoms with Gasteiger partial charge in [-0.25, -0.2) is 26.5 Å². The lowest BCUT2D eigenvalue weighted by Crippen LogP contribution is -2.32. The SMILES string of the molecule is COc1ccc(CN(c2cccc(Cl)n2)S(=O)(=O)c2cc(Cl)c(F)cc2F)c(OC)c1. The zero-order valence-electron chi connectivity index (χ0n) is 16.3. The quantitative estimate of drug-likeness (QED) is 0.342. The highest BCUT2D eigenvalue weighted by molar-refractivity contribution is 7.92. The highest BCUT2D eigenvalue weighted by atomic mass is 35.5. The predicted molar refractivity (Wildman–Crippen MR) is 114 cm³/mol. The second-order valence-corrected chi connectivity index (χ2v) is 8.83. The summed E-state index contributed by atoms with van der Waals surface area (Å²) < 4.78 is 66.2. The summed E-state index contributed by atoms with van der Waals surface area (Å²) >= 11 is 11.7. The monoisotopic (exact) mass is 488 g/mol. The molecule has 0 bridgehead atoms. The molecule has 3 rings (SSSR count). The molecule has 0 aliphatic carbocycles. The van der Waals surface area contributed by atoms with Crippen LogP contribution in [0.5, 0.6) is 11.5 Å². The molecule has 0 aliphatic heterocycles. The van der Waals surface area contributed by atoms with Crippen molar-refractivity contribution in [1.29, 1.82) is 0 Å². The molecule has 2 aromatic carbocycles. The fraction of sp³-hybridized carbons (Fsp3) is 0.150. The number of hydrogen-bond acceptors (Lipinski definition) is 5. The van der Waals surface area contributed by atoms with E-state index in [4.69, 9.17) is 32.7 Å². The Bertz CT molecular complexity index is 1230. The number of anilines is 1. The van der Waals surface area contributed by atoms with Gasteiger partial charge in [0.05, 0.1) is 25.8 Å². The van der Waals surface area contributed by atoms with Crippen molar-refractivity contribution in [3.05, 3.63) is 75.9 Å². The van der Waals surface area contributed by atoms with Gasteiger partial charge in [0.15, 0.2) is 0 Å². The number of rotatable bonds is 7. The minimum atomic E-state index is -4.58. The van der Waals surface area contributed by atoms with Gasteiger partial charge in [0.25, 0.3) is 10.0 Å². The van der Waals surface area contributed by atoms with Crippen LogP contribution in [0.25, 0.3) is 0 Å². The van der Waals surface area contributed by atoms with Crippen LogP contribution < -0.4 is 13.8 Å². The van der Waals surface area contributed by atoms with Crippen LogP contribution in [0.3, 0.4) is 0 Å². The summed E-state index contributed by atoms with van der Waals surface area (Å²) in [5.74, 6) is -1.63. The number of aromatic nitrogens is 1. The average molecular weight is 489 g/mol. The van der Waals surface area contributed by atoms with Gasteiger partial charge in [0, 0.05) is 17.7 Å². The average Bonchev–Trinajstić information content (AvgIpc) is 2.74. The summed E-state index contributed by atoms with van der Waals surface area (Å²) in [7, 11) is -1.70. The van der Waals surface area contributed by atoms with Gasteiger partial charge in [0.2, 0.25) is 0 Å². The topological polar surface area (TPSA) is 68.7 Å². The van der Waals surface area contributed by atoms with Gasteiger partial charge in [-0.3, -0.25) is 0 Å². The molecule has 6 nitrogen and oxygen atoms in total. The lowest BCUT2D eigenvalue weighted by molar-refractivity contribution is 0.391. The summed E-state index contributed by atoms with van der Waals surface area (Å²) in [4.78, 5) is 3.23. The molecule has 3 aromatic rings. The van der Waals surface area contributed by atoms with Gasteiger partial charge in [-0.2, -0.15) is 0 Å². The summed E-state index contributed by atoms with van der Waals surface area (Å²) in [5, 5.41) is -0.516. The normalized spacial score (nSPS) is 11.3. The lowest BCUT2D eigenvalue weighted by atomic mass is 10.2. The second kappa shape index (κ2) is 9.25. The summed E-state index contributed by atoms with van der Waals surface area (Å²) in [6.07, 6.45) is 0. The number of ether oxygens (including phenoxy) is 2. The number of pyridine rings is 1. The fourth-order valence-corrected chi connectivity index (χ4v) is 4.64. The Labute approximate surface area is 188 Å². The molecule has 0 radical (unpaired) electrons. The van der Waals surface area contributed by atoms with Gasteiger partial charge in [0.1, 0.15) is 39.0 Å². The molecule has 0 amide bonds. The predicted octanol–water partition coefficient (Wildman–Crippen LogP) is 5.08. The Kier molecular flexibility index (Phi) is 6.88. The minimum absolute atomic E-state index is 0.0250. The van der Waals surface area contributed by atoms with Crippen LogP contribution in [0.1, 0.15) is 5.56 Å². The van der Waals surface area contributed by atoms with E-state index in [9.17, 15) is 17.2 Å². The molecule has 0 fully saturated rings. The van der Waals surface area contributed by atoms with E-state index in [1.165, 1.54) is 32.4 Å². The summed E-state index contributed by atoms with van der Waals surface area (Å²) in [6, 6.07) is 10.2. The molecule has 1 heterocycles. The van der Waals surface area contributed by atoms with Crippen molar-refractivity contribution in [2.45, 2.75) is 11.4 Å². The molecule has 0 aliphatic rings. The van der Waals surface area contributed by atoms with Crippen molar-refractivity contribution in [2.24, 2.45) is 0 Å². The van der Waals surface area contributed by atoms with Crippen LogP contribution in [0.2, 0.25) is 10.2 Å². The Morgan fingerprint density at radius 3 is 2.39 bits per heavy atom. The fourth-order valence-electron chi connectivity index (χ4n) is 2.78. The number of nitrogens with zero attached hydrogens (tertiary/aromatic N) is 2. The maximum absolute atomic E-state index is 14.5. The van der Waals surface area contributed by atoms with Gasteiger partial charge in [-0.05, 0) is 30.3 Å². The van der Waals surface area contributed by atoms with Crippen LogP contribution >= 0.6 is 23.2 Å². The maximum Gasteiger partial charge on any atom is 0.268 e. The minimum Gasteiger partial charge on any atom is -0.497 e. The maximum atomic E-state index is 14.5. The van der Waals surface area contributed by atoms with Gasteiger partial charge in [-0.15, -0.1) is 0 Å². The molecule has 0 atom stereocenters. The zero-order chi connectivity index (χ0) is 22.8. The molecule has 0 saturated heterocycles. The smallest absolute Gasteiger partial charge is 0.268 e. The zero-order valence-corrected chi connectivity index (χ0v) is 18.6. The van der Waals surface area contributed by atoms with E-state index < -0.39 is 31.6 Å². The highest BCUT2D eigenvalue weighted by Crippen LogP contribution is 2.32. The van der Waals surface area contributed by atoms with E-state index in [1.807, 2.05) is 0 Å². The van der Waals surface area contributed by atoms with Crippen molar-refractivity contribution < 1.29 is 26.7 Å². The third-order valence-electron chi connectivity index (χ3n) is 4.31. The van der Waals surface area contributed by atoms with Crippen LogP contribution in [-0.2, 0) is 16.6 Å². The van der Waals surface area contributed by atoms with Crippen molar-refractivity contribution in [1.82, 2.24) is 4.98 Å². The number of methoxy groups -OCH3 is 2. The van der Waals surface area contributed by atoms with Crippen molar-refractivity contribution in [3.8, 4) is 11.5 Å². The van der Waals surface area contributed by atoms with Gasteiger partial charge in [-0.1, -0.05) is 29.3 Å². The van der Waals surface area contributed by atoms with Crippen LogP contribution in [0.15, 0.2) is 53.4 Å². The van der Waals surface area contributed by atoms with Gasteiger partial charge < -0.3 is 9.47 Å². The van der Waals surface area contributed by atoms with Gasteiger partial charge >= 0.3 is 0 Å². The van der Waals surface area contributed by atoms with E-state index in [-0.39, 0.29) is 17.5 Å². The number of halogens is 4. The molecule has 0 saturated carbocycles. The third kappa shape index (κ3) is 4.84. The molecule has 0 N–H and O–H groups in total. The first-order valence-electron chi connectivity index (χ1n) is 8.68. The summed E-state index contributed by atoms with van der Waals surface area (Å²) in [5.41, 5.74) is 0.433. The molecule has 31 heavy (non-hydrogen) atoms. The molecule has 1 aromatic heterocycles. The molecule has 0 unspecified atom stereocenters. The molecular weight excluding hydrogens is 473 g/mol. The molecule has 11 heteroatoms. The standard InChI is InChI=1S/C20H16Cl2F2N2O4S/c1-29-13-7-6-12(17(8-13)30-2)11-26(20-5-3-4-19(22)25-20)31(27,28)18-9-14(21)15(23)10-16(18)24/h3-10H,11H2,1-2H3. The Balaban J connectivity index is 2.18. The first-order chi connectivity index (χ1) is 14.7. The lowest BCUT2D eigenvalue weighted by Gasteiger charge is -2.25. The van der Waals surface area contributed by atoms with Crippen LogP contribution in [0.4, 0.5) is 14.6 Å². The number of sulfonamides is 1. The molecule has 0 spiro atoms. The van der Waals surface area contributed by atoms with E-state index in [2.05, 4.69) is 4.98 Å². The van der Waals surface area contributed by atoms with E-state index >= 15 is 0 Å². The number of hydrogen-bond donors (Lipinski definition) is 0. The Hall–Kier alpha value is -2.62. The Morgan fingerprint density at radius 2 is 1.74 bits per heavy atom. The van der Waals surface area contributed by atoms with Crippen molar-refractivity contribution >= 4 is 39.0 Å². The third-order valence-corrected chi connectivity index (χ3v) is 6.57. The van der Waals surface area contributed by atoms with E-state index in [1.54, 1.807) is 18.2 Å². The summed E-state index contributed by atoms with van der Waals surface area (Å²) in [6.45, 7) is -0.294. The molecule has 164 valence electrons. The van der Waals surface area contributed by atoms with E-state index in [0.29, 0.717) is 29.2 Å². The first-order valence-corrected chi connectivity index (χ1v) is 10.9. The van der Waals surface area contributed by atoms with Crippen molar-refractivity contribution in [2.75, 3.05) is 18.5 Å². The molecular formula is C20H16Cl2F2N2O4S. The highest BCUT2D eigenvalue weighted by Gasteiger charge is 2.31. The Morgan fingerprint density at radius 1 is 1.00 bits per heavy atom.